The van der Waals surface area contributed by atoms with E-state index < -0.39 is 65.2 Å². The Kier molecular flexibility index (Phi) is 29.1. The highest BCUT2D eigenvalue weighted by Gasteiger charge is 2.38. The van der Waals surface area contributed by atoms with Crippen LogP contribution in [0.4, 0.5) is 75.2 Å². The summed E-state index contributed by atoms with van der Waals surface area (Å²) in [5, 5.41) is 23.4. The van der Waals surface area contributed by atoms with E-state index in [-0.39, 0.29) is 52.0 Å². The Morgan fingerprint density at radius 2 is 1.23 bits per heavy atom. The van der Waals surface area contributed by atoms with Gasteiger partial charge in [0, 0.05) is 202 Å². The Morgan fingerprint density at radius 1 is 0.641 bits per heavy atom. The number of hydrogen-bond donors (Lipinski definition) is 6. The Morgan fingerprint density at radius 3 is 1.84 bits per heavy atom. The van der Waals surface area contributed by atoms with E-state index in [1.54, 1.807) is 71.9 Å². The van der Waals surface area contributed by atoms with Crippen LogP contribution < -0.4 is 63.3 Å². The number of aromatic nitrogens is 14. The molecule has 3 aromatic carbocycles. The molecule has 42 heteroatoms. The molecule has 33 nitrogen and oxygen atoms in total. The lowest BCUT2D eigenvalue weighted by Crippen LogP contribution is -2.43. The van der Waals surface area contributed by atoms with Gasteiger partial charge in [0.15, 0.2) is 29.8 Å². The Bertz CT molecular complexity index is 6670. The second-order valence-corrected chi connectivity index (χ2v) is 38.2. The number of benzene rings is 3. The largest absolute Gasteiger partial charge is 0.403 e. The van der Waals surface area contributed by atoms with Crippen molar-refractivity contribution in [1.29, 1.82) is 0 Å². The van der Waals surface area contributed by atoms with Crippen LogP contribution >= 0.6 is 27.3 Å². The normalized spacial score (nSPS) is 14.9. The smallest absolute Gasteiger partial charge is 0.381 e. The number of hydrogen-bond acceptors (Lipinski definition) is 31. The minimum Gasteiger partial charge on any atom is -0.381 e. The number of piperazine rings is 1. The van der Waals surface area contributed by atoms with E-state index in [1.807, 2.05) is 66.1 Å². The second kappa shape index (κ2) is 40.4. The molecular formula is C86H94BrF4N25O8S4. The summed E-state index contributed by atoms with van der Waals surface area (Å²) in [4.78, 5) is 98.6. The first-order valence-electron chi connectivity index (χ1n) is 41.0. The number of anilines is 10. The molecule has 13 aromatic rings. The van der Waals surface area contributed by atoms with Gasteiger partial charge >= 0.3 is 6.18 Å². The molecule has 0 spiro atoms. The van der Waals surface area contributed by atoms with Gasteiger partial charge in [-0.25, -0.2) is 55.3 Å². The number of likely N-dealkylation sites (N-methyl/N-ethyl adjacent to an activating group) is 1. The summed E-state index contributed by atoms with van der Waals surface area (Å²) >= 11 is 4.60. The minimum atomic E-state index is -4.99. The molecule has 3 aliphatic heterocycles. The van der Waals surface area contributed by atoms with Gasteiger partial charge < -0.3 is 56.4 Å². The van der Waals surface area contributed by atoms with Crippen molar-refractivity contribution in [3.63, 3.8) is 0 Å². The summed E-state index contributed by atoms with van der Waals surface area (Å²) in [6.07, 6.45) is 14.1. The Hall–Kier alpha value is -12.2. The highest BCUT2D eigenvalue weighted by atomic mass is 79.9. The van der Waals surface area contributed by atoms with E-state index in [9.17, 15) is 48.6 Å². The van der Waals surface area contributed by atoms with Gasteiger partial charge in [-0.15, -0.1) is 11.3 Å². The number of fused-ring (bicyclic) bond motifs is 3. The van der Waals surface area contributed by atoms with Crippen molar-refractivity contribution in [2.24, 2.45) is 0 Å². The van der Waals surface area contributed by atoms with Gasteiger partial charge in [0.2, 0.25) is 17.8 Å². The van der Waals surface area contributed by atoms with Gasteiger partial charge in [0.05, 0.1) is 50.8 Å². The van der Waals surface area contributed by atoms with Gasteiger partial charge in [-0.3, -0.25) is 38.1 Å². The van der Waals surface area contributed by atoms with E-state index in [4.69, 9.17) is 4.98 Å². The van der Waals surface area contributed by atoms with Gasteiger partial charge in [0.1, 0.15) is 50.6 Å². The molecule has 3 fully saturated rings. The zero-order valence-electron chi connectivity index (χ0n) is 71.0. The lowest BCUT2D eigenvalue weighted by atomic mass is 10.0. The first kappa shape index (κ1) is 92.0. The van der Waals surface area contributed by atoms with Crippen LogP contribution in [0.2, 0.25) is 0 Å². The number of nitrogens with zero attached hydrogens (tertiary/aromatic N) is 19. The van der Waals surface area contributed by atoms with Crippen LogP contribution in [0.1, 0.15) is 61.9 Å². The first-order chi connectivity index (χ1) is 61.4. The average molecular weight is 1890 g/mol. The molecule has 128 heavy (non-hydrogen) atoms. The number of rotatable bonds is 27. The predicted octanol–water partition coefficient (Wildman–Crippen LogP) is 11.1. The van der Waals surface area contributed by atoms with Crippen molar-refractivity contribution in [3.8, 4) is 0 Å². The summed E-state index contributed by atoms with van der Waals surface area (Å²) in [5.74, 6) is -1.87. The molecule has 2 atom stereocenters. The Labute approximate surface area is 749 Å². The molecular weight excluding hydrogens is 1800 g/mol. The maximum absolute atomic E-state index is 15.0. The van der Waals surface area contributed by atoms with E-state index in [2.05, 4.69) is 140 Å². The number of likely N-dealkylation sites (tertiary alicyclic amines) is 1. The van der Waals surface area contributed by atoms with Gasteiger partial charge in [0.25, 0.3) is 16.7 Å². The molecule has 3 aliphatic rings. The van der Waals surface area contributed by atoms with E-state index in [1.165, 1.54) is 77.7 Å². The third kappa shape index (κ3) is 22.1. The van der Waals surface area contributed by atoms with E-state index in [0.29, 0.717) is 125 Å². The number of halogens is 5. The van der Waals surface area contributed by atoms with Crippen molar-refractivity contribution in [1.82, 2.24) is 89.0 Å². The summed E-state index contributed by atoms with van der Waals surface area (Å²) in [7, 11) is -2.35. The van der Waals surface area contributed by atoms with Crippen molar-refractivity contribution in [3.05, 3.63) is 235 Å². The molecule has 0 amide bonds. The van der Waals surface area contributed by atoms with Crippen LogP contribution in [0.25, 0.3) is 38.8 Å². The number of piperidine rings is 2. The van der Waals surface area contributed by atoms with Crippen LogP contribution in [0, 0.1) is 5.82 Å². The molecule has 3 saturated heterocycles. The third-order valence-electron chi connectivity index (χ3n) is 21.8. The number of alkyl halides is 3. The summed E-state index contributed by atoms with van der Waals surface area (Å²) < 4.78 is 123. The molecule has 2 unspecified atom stereocenters. The van der Waals surface area contributed by atoms with E-state index in [0.717, 1.165) is 98.2 Å². The second-order valence-electron chi connectivity index (χ2n) is 30.9. The standard InChI is InChI=1S/C31H36N10O2S2.C29H30F4N8O3S.C26H28BrN7O3S/c1-4-40(5-2)26-16-21-18-35-30(37-23-6-8-24(9-7-23)39(3)25-10-12-32-13-11-25)38-27(21)41(29(26)42)19-22-17-33-20-36-28(22)45(43)31-34-14-15-44-31;1-18(39(2)3)21-13-19-15-36-28(37-20-6-7-24(22(30)14-20)40-11-9-34-10-12-40)38-26(19)41(27(21)42)16-23-25(5-4-8-35-23)45(43,44)17-29(31,32)33;1-33-11-3-4-21(16-33)30-19-5-7-20(8-6-19)31-26-29-14-17-12-22(27)25(35)34(24(17)32-26)15-18-13-28-10-9-23(18)38(2,36)37/h6-9,14-18,20,25,32H,4-5,10-13,19H2,1-3H3,(H,35,37,38);4-8,13-15,34H,1,9-12,16-17H2,2-3H3,(H,36,37,38);5-10,12-14,21,30H,3-4,11,15-16H2,1-2H3,(H,29,31,32). The van der Waals surface area contributed by atoms with Crippen LogP contribution in [0.5, 0.6) is 0 Å². The quantitative estimate of drug-likeness (QED) is 0.0206. The van der Waals surface area contributed by atoms with Crippen molar-refractivity contribution >= 4 is 154 Å². The number of nitrogens with one attached hydrogen (secondary N) is 6. The topological polar surface area (TPSA) is 382 Å². The average Bonchev–Trinajstić information content (AvgIpc) is 0.745. The van der Waals surface area contributed by atoms with Crippen LogP contribution in [-0.2, 0) is 50.1 Å². The number of thiazole rings is 1. The summed E-state index contributed by atoms with van der Waals surface area (Å²) in [6, 6.07) is 30.3. The zero-order chi connectivity index (χ0) is 90.7. The fraction of sp³-hybridized carbons (Fsp3) is 0.326. The van der Waals surface area contributed by atoms with Gasteiger partial charge in [-0.05, 0) is 185 Å². The summed E-state index contributed by atoms with van der Waals surface area (Å²) in [6.45, 7) is 15.9. The van der Waals surface area contributed by atoms with Crippen LogP contribution in [0.15, 0.2) is 209 Å². The minimum absolute atomic E-state index is 0.00454. The SMILES string of the molecule is C=C(c1cc2cnc(Nc3ccc(N4CCNCC4)c(F)c3)nc2n(Cc2ncccc2S(=O)(=O)CC(F)(F)F)c1=O)N(C)C.CCN(CC)c1cc2cnc(Nc3ccc(N(C)C4CCNCC4)cc3)nc2n(Cc2cncnc2S(=O)c2nccs2)c1=O.CN1CCCC(Nc2ccc(Nc3ncc4cc(Br)c(=O)n(Cc5cnccc5S(C)(=O)=O)c4n3)cc2)C1. The zero-order valence-corrected chi connectivity index (χ0v) is 75.8. The molecule has 670 valence electrons. The number of sulfone groups is 2. The third-order valence-corrected chi connectivity index (χ3v) is 27.8. The van der Waals surface area contributed by atoms with Crippen molar-refractivity contribution in [2.45, 2.75) is 96.6 Å². The predicted molar refractivity (Wildman–Crippen MR) is 494 cm³/mol. The maximum Gasteiger partial charge on any atom is 0.403 e. The lowest BCUT2D eigenvalue weighted by molar-refractivity contribution is -0.106. The number of pyridine rings is 5. The fourth-order valence-corrected chi connectivity index (χ4v) is 19.9. The first-order valence-corrected chi connectivity index (χ1v) is 47.3. The molecule has 13 heterocycles. The Balaban J connectivity index is 0.000000156. The highest BCUT2D eigenvalue weighted by molar-refractivity contribution is 9.10. The molecule has 16 rings (SSSR count). The fourth-order valence-electron chi connectivity index (χ4n) is 15.3. The molecule has 0 radical (unpaired) electrons. The molecule has 0 aliphatic carbocycles. The van der Waals surface area contributed by atoms with Crippen molar-refractivity contribution < 1.29 is 38.6 Å². The van der Waals surface area contributed by atoms with Gasteiger partial charge in [-0.2, -0.15) is 28.1 Å². The molecule has 0 bridgehead atoms. The highest BCUT2D eigenvalue weighted by Crippen LogP contribution is 2.33. The molecule has 10 aromatic heterocycles. The maximum atomic E-state index is 15.0. The van der Waals surface area contributed by atoms with Gasteiger partial charge in [-0.1, -0.05) is 6.58 Å². The molecule has 6 N–H and O–H groups in total. The summed E-state index contributed by atoms with van der Waals surface area (Å²) in [5.41, 5.74) is 5.97. The lowest BCUT2D eigenvalue weighted by Gasteiger charge is -2.33. The van der Waals surface area contributed by atoms with Crippen LogP contribution in [0.3, 0.4) is 0 Å². The van der Waals surface area contributed by atoms with Crippen molar-refractivity contribution in [2.75, 3.05) is 142 Å². The molecule has 0 saturated carbocycles. The monoisotopic (exact) mass is 1890 g/mol. The van der Waals surface area contributed by atoms with E-state index >= 15 is 4.39 Å². The van der Waals surface area contributed by atoms with Crippen LogP contribution in [-0.4, -0.2) is 223 Å².